The molecular formula is C4H6N2O3S3. The van der Waals surface area contributed by atoms with Crippen LogP contribution < -0.4 is 0 Å². The molecule has 0 aromatic carbocycles. The van der Waals surface area contributed by atoms with Crippen LogP contribution in [-0.2, 0) is 9.15 Å². The Labute approximate surface area is 78.6 Å². The predicted molar refractivity (Wildman–Crippen MR) is 50.2 cm³/mol. The first-order valence-corrected chi connectivity index (χ1v) is 6.39. The van der Waals surface area contributed by atoms with E-state index in [1.165, 1.54) is 6.33 Å². The van der Waals surface area contributed by atoms with Gasteiger partial charge in [-0.2, -0.15) is 8.42 Å². The van der Waals surface area contributed by atoms with Crippen LogP contribution in [0.1, 0.15) is 0 Å². The largest absolute Gasteiger partial charge is 0.329 e. The first-order valence-electron chi connectivity index (χ1n) is 2.56. The molecule has 0 aliphatic carbocycles. The lowest BCUT2D eigenvalue weighted by Gasteiger charge is -1.77. The first-order chi connectivity index (χ1) is 5.56. The SMILES string of the molecule is O=S(=O)(O)SS.c1cncnc1. The van der Waals surface area contributed by atoms with Gasteiger partial charge >= 0.3 is 9.15 Å². The first kappa shape index (κ1) is 11.7. The van der Waals surface area contributed by atoms with Crippen LogP contribution >= 0.6 is 21.5 Å². The van der Waals surface area contributed by atoms with Crippen molar-refractivity contribution in [1.82, 2.24) is 9.97 Å². The summed E-state index contributed by atoms with van der Waals surface area (Å²) >= 11 is 3.18. The number of hydrogen-bond acceptors (Lipinski definition) is 6. The second-order valence-electron chi connectivity index (χ2n) is 1.41. The average molecular weight is 226 g/mol. The molecule has 12 heavy (non-hydrogen) atoms. The maximum absolute atomic E-state index is 9.44. The highest BCUT2D eigenvalue weighted by molar-refractivity contribution is 9.01. The molecule has 0 aliphatic rings. The van der Waals surface area contributed by atoms with E-state index in [1.807, 2.05) is 0 Å². The van der Waals surface area contributed by atoms with Crippen LogP contribution in [-0.4, -0.2) is 22.9 Å². The molecule has 0 amide bonds. The lowest BCUT2D eigenvalue weighted by atomic mass is 10.7. The van der Waals surface area contributed by atoms with Gasteiger partial charge in [0.05, 0.1) is 9.83 Å². The second-order valence-corrected chi connectivity index (χ2v) is 5.46. The summed E-state index contributed by atoms with van der Waals surface area (Å²) in [6.07, 6.45) is 4.88. The van der Waals surface area contributed by atoms with Crippen molar-refractivity contribution < 1.29 is 13.0 Å². The molecule has 8 heteroatoms. The van der Waals surface area contributed by atoms with E-state index in [4.69, 9.17) is 4.55 Å². The van der Waals surface area contributed by atoms with Crippen LogP contribution in [0, 0.1) is 0 Å². The molecule has 0 radical (unpaired) electrons. The van der Waals surface area contributed by atoms with E-state index >= 15 is 0 Å². The van der Waals surface area contributed by atoms with Gasteiger partial charge in [0.25, 0.3) is 0 Å². The van der Waals surface area contributed by atoms with Crippen molar-refractivity contribution in [3.63, 3.8) is 0 Å². The molecule has 1 heterocycles. The maximum atomic E-state index is 9.44. The van der Waals surface area contributed by atoms with Gasteiger partial charge in [-0.05, 0) is 6.07 Å². The molecule has 0 bridgehead atoms. The summed E-state index contributed by atoms with van der Waals surface area (Å²) in [7, 11) is -3.78. The zero-order valence-corrected chi connectivity index (χ0v) is 8.26. The van der Waals surface area contributed by atoms with Crippen LogP contribution in [0.3, 0.4) is 0 Å². The normalized spacial score (nSPS) is 9.83. The van der Waals surface area contributed by atoms with Gasteiger partial charge in [0.2, 0.25) is 0 Å². The third kappa shape index (κ3) is 9.69. The second kappa shape index (κ2) is 6.23. The van der Waals surface area contributed by atoms with Gasteiger partial charge in [-0.25, -0.2) is 9.97 Å². The number of aromatic nitrogens is 2. The fourth-order valence-corrected chi connectivity index (χ4v) is 0.253. The fraction of sp³-hybridized carbons (Fsp3) is 0. The van der Waals surface area contributed by atoms with Crippen LogP contribution in [0.4, 0.5) is 0 Å². The Balaban J connectivity index is 0.000000202. The Morgan fingerprint density at radius 3 is 1.83 bits per heavy atom. The van der Waals surface area contributed by atoms with Gasteiger partial charge in [-0.1, -0.05) is 11.7 Å². The topological polar surface area (TPSA) is 80.2 Å². The molecule has 68 valence electrons. The van der Waals surface area contributed by atoms with Crippen LogP contribution in [0.5, 0.6) is 0 Å². The summed E-state index contributed by atoms with van der Waals surface area (Å²) in [5.41, 5.74) is 0. The van der Waals surface area contributed by atoms with Crippen molar-refractivity contribution in [2.24, 2.45) is 0 Å². The average Bonchev–Trinajstić information content (AvgIpc) is 2.07. The third-order valence-electron chi connectivity index (χ3n) is 0.572. The Morgan fingerprint density at radius 1 is 1.33 bits per heavy atom. The molecule has 0 saturated heterocycles. The predicted octanol–water partition coefficient (Wildman–Crippen LogP) is 0.844. The minimum atomic E-state index is -3.88. The summed E-state index contributed by atoms with van der Waals surface area (Å²) in [5, 5.41) is 0. The molecular weight excluding hydrogens is 220 g/mol. The molecule has 0 unspecified atom stereocenters. The van der Waals surface area contributed by atoms with E-state index in [1.54, 1.807) is 18.5 Å². The number of rotatable bonds is 1. The van der Waals surface area contributed by atoms with Gasteiger partial charge in [0, 0.05) is 12.4 Å². The van der Waals surface area contributed by atoms with E-state index < -0.39 is 9.15 Å². The smallest absolute Gasteiger partial charge is 0.277 e. The zero-order valence-electron chi connectivity index (χ0n) is 5.73. The van der Waals surface area contributed by atoms with Gasteiger partial charge in [-0.3, -0.25) is 4.55 Å². The summed E-state index contributed by atoms with van der Waals surface area (Å²) in [5.74, 6) is 0. The number of hydrogen-bond donors (Lipinski definition) is 2. The van der Waals surface area contributed by atoms with Crippen LogP contribution in [0.2, 0.25) is 0 Å². The Morgan fingerprint density at radius 2 is 1.75 bits per heavy atom. The standard InChI is InChI=1S/C4H4N2.H2O3S3/c1-2-5-4-6-3-1;1-6(2,3)5-4/h1-4H;4H,(H,1,2,3). The highest BCUT2D eigenvalue weighted by Gasteiger charge is 1.96. The molecule has 1 rings (SSSR count). The van der Waals surface area contributed by atoms with E-state index in [2.05, 4.69) is 21.6 Å². The van der Waals surface area contributed by atoms with Crippen molar-refractivity contribution in [3.8, 4) is 0 Å². The van der Waals surface area contributed by atoms with Crippen molar-refractivity contribution in [2.75, 3.05) is 0 Å². The lowest BCUT2D eigenvalue weighted by molar-refractivity contribution is 0.503. The van der Waals surface area contributed by atoms with Crippen molar-refractivity contribution >= 4 is 30.6 Å². The Kier molecular flexibility index (Phi) is 6.07. The molecule has 5 nitrogen and oxygen atoms in total. The van der Waals surface area contributed by atoms with E-state index in [0.29, 0.717) is 0 Å². The van der Waals surface area contributed by atoms with Crippen molar-refractivity contribution in [3.05, 3.63) is 24.8 Å². The molecule has 1 aromatic rings. The van der Waals surface area contributed by atoms with E-state index in [9.17, 15) is 8.42 Å². The summed E-state index contributed by atoms with van der Waals surface area (Å²) < 4.78 is 26.6. The van der Waals surface area contributed by atoms with E-state index in [-0.39, 0.29) is 9.83 Å². The van der Waals surface area contributed by atoms with Crippen molar-refractivity contribution in [2.45, 2.75) is 0 Å². The highest BCUT2D eigenvalue weighted by Crippen LogP contribution is 2.11. The summed E-state index contributed by atoms with van der Waals surface area (Å²) in [6, 6.07) is 1.78. The van der Waals surface area contributed by atoms with Crippen LogP contribution in [0.25, 0.3) is 0 Å². The minimum absolute atomic E-state index is 0.104. The Hall–Kier alpha value is -0.310. The zero-order chi connectivity index (χ0) is 9.45. The number of thiol groups is 1. The molecule has 0 spiro atoms. The lowest BCUT2D eigenvalue weighted by Crippen LogP contribution is -1.82. The monoisotopic (exact) mass is 226 g/mol. The van der Waals surface area contributed by atoms with Crippen LogP contribution in [0.15, 0.2) is 24.8 Å². The Bertz CT molecular complexity index is 261. The minimum Gasteiger partial charge on any atom is -0.277 e. The quantitative estimate of drug-likeness (QED) is 0.420. The van der Waals surface area contributed by atoms with Gasteiger partial charge in [0.1, 0.15) is 6.33 Å². The molecule has 1 aromatic heterocycles. The summed E-state index contributed by atoms with van der Waals surface area (Å²) in [4.78, 5) is 7.35. The fourth-order valence-electron chi connectivity index (χ4n) is 0.253. The summed E-state index contributed by atoms with van der Waals surface area (Å²) in [6.45, 7) is 0. The number of nitrogens with zero attached hydrogens (tertiary/aromatic N) is 2. The highest BCUT2D eigenvalue weighted by atomic mass is 33.5. The molecule has 0 saturated carbocycles. The third-order valence-corrected chi connectivity index (χ3v) is 3.02. The van der Waals surface area contributed by atoms with E-state index in [0.717, 1.165) is 0 Å². The molecule has 0 fully saturated rings. The van der Waals surface area contributed by atoms with Crippen molar-refractivity contribution in [1.29, 1.82) is 0 Å². The molecule has 0 aliphatic heterocycles. The molecule has 1 N–H and O–H groups in total. The van der Waals surface area contributed by atoms with Gasteiger partial charge < -0.3 is 0 Å². The maximum Gasteiger partial charge on any atom is 0.329 e. The van der Waals surface area contributed by atoms with Gasteiger partial charge in [-0.15, -0.1) is 0 Å². The molecule has 0 atom stereocenters. The van der Waals surface area contributed by atoms with Gasteiger partial charge in [0.15, 0.2) is 0 Å².